The van der Waals surface area contributed by atoms with Crippen LogP contribution in [-0.2, 0) is 9.53 Å². The molecular weight excluding hydrogens is 356 g/mol. The van der Waals surface area contributed by atoms with E-state index in [-0.39, 0.29) is 11.2 Å². The van der Waals surface area contributed by atoms with Crippen molar-refractivity contribution in [2.24, 2.45) is 0 Å². The molecule has 8 heteroatoms. The second-order valence-corrected chi connectivity index (χ2v) is 7.48. The molecular formula is C15H15ClN2O3S2. The lowest BCUT2D eigenvalue weighted by atomic mass is 10.4. The van der Waals surface area contributed by atoms with Crippen LogP contribution in [0.4, 0.5) is 5.13 Å². The smallest absolute Gasteiger partial charge is 0.350 e. The van der Waals surface area contributed by atoms with Crippen LogP contribution in [0.15, 0.2) is 29.2 Å². The van der Waals surface area contributed by atoms with E-state index in [4.69, 9.17) is 11.6 Å². The average molecular weight is 371 g/mol. The third kappa shape index (κ3) is 4.70. The second-order valence-electron chi connectivity index (χ2n) is 4.63. The van der Waals surface area contributed by atoms with Crippen molar-refractivity contribution in [3.63, 3.8) is 0 Å². The van der Waals surface area contributed by atoms with E-state index >= 15 is 0 Å². The number of aryl methyl sites for hydroxylation is 1. The van der Waals surface area contributed by atoms with Crippen molar-refractivity contribution < 1.29 is 14.3 Å². The summed E-state index contributed by atoms with van der Waals surface area (Å²) in [5, 5.41) is 3.45. The minimum atomic E-state index is -0.455. The predicted molar refractivity (Wildman–Crippen MR) is 93.6 cm³/mol. The largest absolute Gasteiger partial charge is 0.465 e. The number of thioether (sulfide) groups is 1. The molecule has 0 bridgehead atoms. The maximum atomic E-state index is 12.2. The topological polar surface area (TPSA) is 68.3 Å². The first-order valence-electron chi connectivity index (χ1n) is 6.69. The van der Waals surface area contributed by atoms with Gasteiger partial charge in [-0.15, -0.1) is 11.8 Å². The van der Waals surface area contributed by atoms with Crippen LogP contribution in [0.3, 0.4) is 0 Å². The maximum Gasteiger partial charge on any atom is 0.350 e. The number of ether oxygens (including phenoxy) is 1. The minimum absolute atomic E-state index is 0.185. The third-order valence-corrected chi connectivity index (χ3v) is 5.31. The molecule has 0 saturated heterocycles. The summed E-state index contributed by atoms with van der Waals surface area (Å²) in [6.07, 6.45) is 0. The van der Waals surface area contributed by atoms with Crippen LogP contribution in [-0.4, -0.2) is 29.2 Å². The van der Waals surface area contributed by atoms with Crippen molar-refractivity contribution in [2.45, 2.75) is 24.0 Å². The maximum absolute atomic E-state index is 12.2. The SMILES string of the molecule is COC(=O)c1sc(NC(=O)C(C)Sc2ccc(Cl)cc2)nc1C. The fourth-order valence-electron chi connectivity index (χ4n) is 1.71. The predicted octanol–water partition coefficient (Wildman–Crippen LogP) is 4.01. The van der Waals surface area contributed by atoms with Gasteiger partial charge in [-0.3, -0.25) is 4.79 Å². The number of nitrogens with zero attached hydrogens (tertiary/aromatic N) is 1. The van der Waals surface area contributed by atoms with Crippen LogP contribution >= 0.6 is 34.7 Å². The van der Waals surface area contributed by atoms with Crippen LogP contribution in [0.25, 0.3) is 0 Å². The first-order valence-corrected chi connectivity index (χ1v) is 8.77. The molecule has 23 heavy (non-hydrogen) atoms. The highest BCUT2D eigenvalue weighted by molar-refractivity contribution is 8.00. The van der Waals surface area contributed by atoms with Gasteiger partial charge in [0.2, 0.25) is 5.91 Å². The fraction of sp³-hybridized carbons (Fsp3) is 0.267. The highest BCUT2D eigenvalue weighted by Gasteiger charge is 2.20. The van der Waals surface area contributed by atoms with Crippen molar-refractivity contribution in [3.8, 4) is 0 Å². The summed E-state index contributed by atoms with van der Waals surface area (Å²) in [4.78, 5) is 29.3. The Kier molecular flexibility index (Phi) is 6.04. The Labute approximate surface area is 147 Å². The lowest BCUT2D eigenvalue weighted by molar-refractivity contribution is -0.115. The summed E-state index contributed by atoms with van der Waals surface area (Å²) in [6.45, 7) is 3.50. The molecule has 0 fully saturated rings. The van der Waals surface area contributed by atoms with Gasteiger partial charge in [-0.25, -0.2) is 9.78 Å². The van der Waals surface area contributed by atoms with E-state index in [9.17, 15) is 9.59 Å². The van der Waals surface area contributed by atoms with E-state index in [1.807, 2.05) is 12.1 Å². The van der Waals surface area contributed by atoms with E-state index in [0.717, 1.165) is 16.2 Å². The highest BCUT2D eigenvalue weighted by Crippen LogP contribution is 2.27. The fourth-order valence-corrected chi connectivity index (χ4v) is 3.59. The zero-order valence-electron chi connectivity index (χ0n) is 12.8. The lowest BCUT2D eigenvalue weighted by Crippen LogP contribution is -2.22. The molecule has 0 aliphatic carbocycles. The van der Waals surface area contributed by atoms with Gasteiger partial charge in [0.05, 0.1) is 18.1 Å². The van der Waals surface area contributed by atoms with Crippen molar-refractivity contribution in [2.75, 3.05) is 12.4 Å². The normalized spacial score (nSPS) is 11.8. The number of amides is 1. The molecule has 0 aliphatic heterocycles. The minimum Gasteiger partial charge on any atom is -0.465 e. The molecule has 1 atom stereocenters. The molecule has 0 spiro atoms. The summed E-state index contributed by atoms with van der Waals surface area (Å²) in [5.41, 5.74) is 0.537. The molecule has 2 rings (SSSR count). The van der Waals surface area contributed by atoms with E-state index in [1.54, 1.807) is 26.0 Å². The third-order valence-electron chi connectivity index (χ3n) is 2.89. The van der Waals surface area contributed by atoms with E-state index in [0.29, 0.717) is 20.7 Å². The first-order chi connectivity index (χ1) is 10.9. The van der Waals surface area contributed by atoms with E-state index in [2.05, 4.69) is 15.0 Å². The molecule has 1 aromatic carbocycles. The summed E-state index contributed by atoms with van der Waals surface area (Å²) >= 11 is 8.36. The van der Waals surface area contributed by atoms with Crippen molar-refractivity contribution in [3.05, 3.63) is 39.9 Å². The molecule has 1 N–H and O–H groups in total. The van der Waals surface area contributed by atoms with Crippen LogP contribution in [0.1, 0.15) is 22.3 Å². The number of rotatable bonds is 5. The van der Waals surface area contributed by atoms with Crippen LogP contribution in [0.5, 0.6) is 0 Å². The number of carbonyl (C=O) groups is 2. The van der Waals surface area contributed by atoms with Gasteiger partial charge in [-0.2, -0.15) is 0 Å². The number of methoxy groups -OCH3 is 1. The monoisotopic (exact) mass is 370 g/mol. The Morgan fingerprint density at radius 1 is 1.35 bits per heavy atom. The van der Waals surface area contributed by atoms with Crippen molar-refractivity contribution in [1.29, 1.82) is 0 Å². The number of nitrogens with one attached hydrogen (secondary N) is 1. The Morgan fingerprint density at radius 3 is 2.61 bits per heavy atom. The molecule has 122 valence electrons. The van der Waals surface area contributed by atoms with Gasteiger partial charge in [0.1, 0.15) is 4.88 Å². The number of thiazole rings is 1. The zero-order chi connectivity index (χ0) is 17.0. The number of hydrogen-bond donors (Lipinski definition) is 1. The van der Waals surface area contributed by atoms with Gasteiger partial charge in [-0.1, -0.05) is 22.9 Å². The van der Waals surface area contributed by atoms with Gasteiger partial charge >= 0.3 is 5.97 Å². The zero-order valence-corrected chi connectivity index (χ0v) is 15.1. The summed E-state index contributed by atoms with van der Waals surface area (Å²) in [5.74, 6) is -0.640. The quantitative estimate of drug-likeness (QED) is 0.636. The number of esters is 1. The van der Waals surface area contributed by atoms with Crippen molar-refractivity contribution in [1.82, 2.24) is 4.98 Å². The summed E-state index contributed by atoms with van der Waals surface area (Å²) < 4.78 is 4.68. The molecule has 0 aliphatic rings. The summed E-state index contributed by atoms with van der Waals surface area (Å²) in [7, 11) is 1.31. The number of hydrogen-bond acceptors (Lipinski definition) is 6. The molecule has 1 unspecified atom stereocenters. The first kappa shape index (κ1) is 17.8. The van der Waals surface area contributed by atoms with Crippen molar-refractivity contribution >= 4 is 51.7 Å². The molecule has 5 nitrogen and oxygen atoms in total. The highest BCUT2D eigenvalue weighted by atomic mass is 35.5. The number of anilines is 1. The lowest BCUT2D eigenvalue weighted by Gasteiger charge is -2.10. The van der Waals surface area contributed by atoms with Gasteiger partial charge in [0.25, 0.3) is 0 Å². The number of halogens is 1. The Balaban J connectivity index is 2.01. The number of aromatic nitrogens is 1. The van der Waals surface area contributed by atoms with E-state index in [1.165, 1.54) is 18.9 Å². The van der Waals surface area contributed by atoms with Crippen LogP contribution in [0, 0.1) is 6.92 Å². The molecule has 0 saturated carbocycles. The molecule has 1 aromatic heterocycles. The Bertz CT molecular complexity index is 716. The van der Waals surface area contributed by atoms with Gasteiger partial charge in [0, 0.05) is 9.92 Å². The molecule has 1 amide bonds. The molecule has 1 heterocycles. The second kappa shape index (κ2) is 7.81. The average Bonchev–Trinajstić information content (AvgIpc) is 2.89. The van der Waals surface area contributed by atoms with Crippen LogP contribution < -0.4 is 5.32 Å². The standard InChI is InChI=1S/C15H15ClN2O3S2/c1-8-12(14(20)21-3)23-15(17-8)18-13(19)9(2)22-11-6-4-10(16)5-7-11/h4-7,9H,1-3H3,(H,17,18,19). The number of carbonyl (C=O) groups excluding carboxylic acids is 2. The Morgan fingerprint density at radius 2 is 2.00 bits per heavy atom. The molecule has 0 radical (unpaired) electrons. The summed E-state index contributed by atoms with van der Waals surface area (Å²) in [6, 6.07) is 7.28. The van der Waals surface area contributed by atoms with Crippen LogP contribution in [0.2, 0.25) is 5.02 Å². The van der Waals surface area contributed by atoms with Gasteiger partial charge in [-0.05, 0) is 38.1 Å². The molecule has 2 aromatic rings. The van der Waals surface area contributed by atoms with Gasteiger partial charge in [0.15, 0.2) is 5.13 Å². The van der Waals surface area contributed by atoms with Gasteiger partial charge < -0.3 is 10.1 Å². The van der Waals surface area contributed by atoms with E-state index < -0.39 is 5.97 Å². The number of benzene rings is 1. The Hall–Kier alpha value is -1.57.